The van der Waals surface area contributed by atoms with E-state index < -0.39 is 23.5 Å². The van der Waals surface area contributed by atoms with Crippen molar-refractivity contribution in [1.82, 2.24) is 4.57 Å². The Balaban J connectivity index is 1.75. The van der Waals surface area contributed by atoms with Gasteiger partial charge in [0, 0.05) is 12.2 Å². The lowest BCUT2D eigenvalue weighted by Gasteiger charge is -2.19. The van der Waals surface area contributed by atoms with E-state index in [1.807, 2.05) is 0 Å². The molecule has 0 aliphatic heterocycles. The number of carbonyl (C=O) groups excluding carboxylic acids is 1. The molecular formula is C27H26Cl2F3NO4. The van der Waals surface area contributed by atoms with Crippen LogP contribution in [0.4, 0.5) is 13.2 Å². The molecule has 5 nitrogen and oxygen atoms in total. The summed E-state index contributed by atoms with van der Waals surface area (Å²) in [4.78, 5) is 25.1. The molecule has 0 saturated carbocycles. The first-order chi connectivity index (χ1) is 17.2. The number of hydrogen-bond donors (Lipinski definition) is 0. The number of aryl methyl sites for hydroxylation is 2. The maximum absolute atomic E-state index is 12.8. The van der Waals surface area contributed by atoms with Crippen LogP contribution in [0.5, 0.6) is 5.75 Å². The minimum atomic E-state index is -4.79. The van der Waals surface area contributed by atoms with Gasteiger partial charge in [-0.1, -0.05) is 47.5 Å². The third-order valence-electron chi connectivity index (χ3n) is 5.30. The maximum atomic E-state index is 12.8. The zero-order valence-electron chi connectivity index (χ0n) is 20.5. The van der Waals surface area contributed by atoms with Crippen LogP contribution in [0.3, 0.4) is 0 Å². The third kappa shape index (κ3) is 8.54. The summed E-state index contributed by atoms with van der Waals surface area (Å²) in [5.41, 5.74) is 1.37. The highest BCUT2D eigenvalue weighted by Gasteiger charge is 2.31. The van der Waals surface area contributed by atoms with Gasteiger partial charge in [-0.05, 0) is 81.5 Å². The number of nitrogens with zero attached hydrogens (tertiary/aromatic N) is 1. The Morgan fingerprint density at radius 3 is 2.19 bits per heavy atom. The fraction of sp³-hybridized carbons (Fsp3) is 0.333. The van der Waals surface area contributed by atoms with Crippen molar-refractivity contribution in [2.75, 3.05) is 0 Å². The zero-order valence-corrected chi connectivity index (χ0v) is 22.0. The van der Waals surface area contributed by atoms with Crippen molar-refractivity contribution in [3.8, 4) is 5.75 Å². The minimum absolute atomic E-state index is 0.0328. The van der Waals surface area contributed by atoms with Crippen molar-refractivity contribution in [2.24, 2.45) is 0 Å². The van der Waals surface area contributed by atoms with Gasteiger partial charge in [-0.15, -0.1) is 13.2 Å². The summed E-state index contributed by atoms with van der Waals surface area (Å²) in [5.74, 6) is -0.747. The first-order valence-corrected chi connectivity index (χ1v) is 12.2. The van der Waals surface area contributed by atoms with Gasteiger partial charge in [0.15, 0.2) is 0 Å². The van der Waals surface area contributed by atoms with Crippen molar-refractivity contribution < 1.29 is 27.4 Å². The lowest BCUT2D eigenvalue weighted by Crippen LogP contribution is -2.26. The van der Waals surface area contributed by atoms with E-state index in [1.54, 1.807) is 51.1 Å². The van der Waals surface area contributed by atoms with E-state index in [2.05, 4.69) is 4.74 Å². The molecule has 0 fully saturated rings. The smallest absolute Gasteiger partial charge is 0.456 e. The van der Waals surface area contributed by atoms with Crippen LogP contribution in [0, 0.1) is 0 Å². The highest BCUT2D eigenvalue weighted by Crippen LogP contribution is 2.25. The molecule has 1 aromatic heterocycles. The molecule has 0 unspecified atom stereocenters. The number of benzene rings is 2. The van der Waals surface area contributed by atoms with Crippen molar-refractivity contribution in [3.63, 3.8) is 0 Å². The number of halogens is 5. The summed E-state index contributed by atoms with van der Waals surface area (Å²) < 4.78 is 48.5. The van der Waals surface area contributed by atoms with Crippen LogP contribution in [0.1, 0.15) is 48.0 Å². The molecule has 0 atom stereocenters. The molecule has 10 heteroatoms. The van der Waals surface area contributed by atoms with Gasteiger partial charge in [0.05, 0.1) is 10.6 Å². The largest absolute Gasteiger partial charge is 0.573 e. The van der Waals surface area contributed by atoms with Crippen LogP contribution >= 0.6 is 23.2 Å². The van der Waals surface area contributed by atoms with Crippen LogP contribution in [0.15, 0.2) is 59.4 Å². The van der Waals surface area contributed by atoms with Crippen LogP contribution in [-0.2, 0) is 30.5 Å². The van der Waals surface area contributed by atoms with E-state index >= 15 is 0 Å². The molecule has 0 N–H and O–H groups in total. The predicted molar refractivity (Wildman–Crippen MR) is 137 cm³/mol. The standard InChI is InChI=1S/C27H26Cl2F3NO4/c1-26(2,3)37-25(35)19-10-7-17(8-11-19)13-14-33-23(21(28)16-22(29)24(33)34)12-9-18-5-4-6-20(15-18)36-27(30,31)32/h4-8,10-11,15-16H,9,12-14H2,1-3H3. The Labute approximate surface area is 222 Å². The molecule has 3 aromatic rings. The molecule has 0 spiro atoms. The van der Waals surface area contributed by atoms with E-state index in [9.17, 15) is 22.8 Å². The van der Waals surface area contributed by atoms with Gasteiger partial charge in [-0.2, -0.15) is 0 Å². The van der Waals surface area contributed by atoms with Crippen LogP contribution in [-0.4, -0.2) is 22.5 Å². The number of rotatable bonds is 8. The molecule has 0 bridgehead atoms. The Morgan fingerprint density at radius 2 is 1.57 bits per heavy atom. The normalized spacial score (nSPS) is 11.9. The molecule has 1 heterocycles. The van der Waals surface area contributed by atoms with Crippen LogP contribution < -0.4 is 10.3 Å². The average molecular weight is 556 g/mol. The van der Waals surface area contributed by atoms with Gasteiger partial charge >= 0.3 is 12.3 Å². The van der Waals surface area contributed by atoms with Gasteiger partial charge in [0.25, 0.3) is 5.56 Å². The molecule has 0 radical (unpaired) electrons. The van der Waals surface area contributed by atoms with Gasteiger partial charge in [0.1, 0.15) is 16.4 Å². The number of esters is 1. The van der Waals surface area contributed by atoms with Crippen molar-refractivity contribution in [3.05, 3.63) is 97.4 Å². The number of alkyl halides is 3. The number of pyridine rings is 1. The van der Waals surface area contributed by atoms with E-state index in [0.717, 1.165) is 5.56 Å². The average Bonchev–Trinajstić information content (AvgIpc) is 2.78. The molecule has 2 aromatic carbocycles. The molecule has 0 amide bonds. The van der Waals surface area contributed by atoms with Crippen molar-refractivity contribution in [2.45, 2.75) is 58.5 Å². The molecule has 198 valence electrons. The number of aromatic nitrogens is 1. The molecular weight excluding hydrogens is 530 g/mol. The van der Waals surface area contributed by atoms with Gasteiger partial charge in [-0.3, -0.25) is 4.79 Å². The van der Waals surface area contributed by atoms with Crippen molar-refractivity contribution in [1.29, 1.82) is 0 Å². The molecule has 37 heavy (non-hydrogen) atoms. The van der Waals surface area contributed by atoms with E-state index in [-0.39, 0.29) is 28.8 Å². The number of carbonyl (C=O) groups is 1. The maximum Gasteiger partial charge on any atom is 0.573 e. The predicted octanol–water partition coefficient (Wildman–Crippen LogP) is 7.04. The second kappa shape index (κ2) is 11.6. The monoisotopic (exact) mass is 555 g/mol. The first kappa shape index (κ1) is 28.6. The van der Waals surface area contributed by atoms with Crippen molar-refractivity contribution >= 4 is 29.2 Å². The Kier molecular flexibility index (Phi) is 8.97. The van der Waals surface area contributed by atoms with Crippen LogP contribution in [0.25, 0.3) is 0 Å². The molecule has 0 aliphatic rings. The summed E-state index contributed by atoms with van der Waals surface area (Å²) in [6, 6.07) is 13.9. The topological polar surface area (TPSA) is 57.5 Å². The van der Waals surface area contributed by atoms with Gasteiger partial charge in [-0.25, -0.2) is 4.79 Å². The highest BCUT2D eigenvalue weighted by atomic mass is 35.5. The summed E-state index contributed by atoms with van der Waals surface area (Å²) in [7, 11) is 0. The lowest BCUT2D eigenvalue weighted by molar-refractivity contribution is -0.274. The molecule has 3 rings (SSSR count). The number of hydrogen-bond acceptors (Lipinski definition) is 4. The second-order valence-electron chi connectivity index (χ2n) is 9.39. The SMILES string of the molecule is CC(C)(C)OC(=O)c1ccc(CCn2c(CCc3cccc(OC(F)(F)F)c3)c(Cl)cc(Cl)c2=O)cc1. The van der Waals surface area contributed by atoms with E-state index in [4.69, 9.17) is 27.9 Å². The number of ether oxygens (including phenoxy) is 2. The second-order valence-corrected chi connectivity index (χ2v) is 10.2. The highest BCUT2D eigenvalue weighted by molar-refractivity contribution is 6.34. The minimum Gasteiger partial charge on any atom is -0.456 e. The first-order valence-electron chi connectivity index (χ1n) is 11.5. The molecule has 0 aliphatic carbocycles. The zero-order chi connectivity index (χ0) is 27.4. The van der Waals surface area contributed by atoms with E-state index in [1.165, 1.54) is 28.8 Å². The quantitative estimate of drug-likeness (QED) is 0.280. The summed E-state index contributed by atoms with van der Waals surface area (Å²) in [6.07, 6.45) is -3.73. The Hall–Kier alpha value is -2.97. The summed E-state index contributed by atoms with van der Waals surface area (Å²) in [5, 5.41) is 0.252. The van der Waals surface area contributed by atoms with Crippen LogP contribution in [0.2, 0.25) is 10.0 Å². The fourth-order valence-corrected chi connectivity index (χ4v) is 4.25. The third-order valence-corrected chi connectivity index (χ3v) is 5.90. The molecule has 0 saturated heterocycles. The summed E-state index contributed by atoms with van der Waals surface area (Å²) >= 11 is 12.5. The van der Waals surface area contributed by atoms with Gasteiger partial charge in [0.2, 0.25) is 0 Å². The summed E-state index contributed by atoms with van der Waals surface area (Å²) in [6.45, 7) is 5.63. The Bertz CT molecular complexity index is 1310. The van der Waals surface area contributed by atoms with E-state index in [0.29, 0.717) is 29.7 Å². The lowest BCUT2D eigenvalue weighted by atomic mass is 10.1. The van der Waals surface area contributed by atoms with Gasteiger partial charge < -0.3 is 14.0 Å². The fourth-order valence-electron chi connectivity index (χ4n) is 3.67. The Morgan fingerprint density at radius 1 is 0.892 bits per heavy atom.